The lowest BCUT2D eigenvalue weighted by molar-refractivity contribution is -0.140. The third-order valence-corrected chi connectivity index (χ3v) is 3.74. The summed E-state index contributed by atoms with van der Waals surface area (Å²) in [4.78, 5) is 21.3. The van der Waals surface area contributed by atoms with Crippen molar-refractivity contribution in [1.29, 1.82) is 5.26 Å². The Morgan fingerprint density at radius 3 is 2.60 bits per heavy atom. The number of primary amides is 1. The second-order valence-electron chi connectivity index (χ2n) is 3.82. The number of nitrogens with two attached hydrogens (primary N) is 1. The first kappa shape index (κ1) is 15.6. The minimum absolute atomic E-state index is 0.106. The summed E-state index contributed by atoms with van der Waals surface area (Å²) in [7, 11) is -4.17. The molecule has 0 aromatic heterocycles. The van der Waals surface area contributed by atoms with E-state index in [4.69, 9.17) is 16.1 Å². The standard InChI is InChI=1S/C11H11N3O5S/c12-6-7-2-1-3-8(4-7)20(18,19)14-9(11(16)17)5-10(13)15/h1-4,9,14H,5H2,(H2,13,15)(H,16,17). The summed E-state index contributed by atoms with van der Waals surface area (Å²) in [5.74, 6) is -2.48. The van der Waals surface area contributed by atoms with E-state index in [9.17, 15) is 18.0 Å². The highest BCUT2D eigenvalue weighted by Gasteiger charge is 2.27. The Labute approximate surface area is 114 Å². The van der Waals surface area contributed by atoms with Crippen LogP contribution in [-0.4, -0.2) is 31.4 Å². The fourth-order valence-corrected chi connectivity index (χ4v) is 2.60. The van der Waals surface area contributed by atoms with Crippen LogP contribution in [0.5, 0.6) is 0 Å². The van der Waals surface area contributed by atoms with E-state index in [0.717, 1.165) is 6.07 Å². The first-order valence-electron chi connectivity index (χ1n) is 5.30. The van der Waals surface area contributed by atoms with Crippen molar-refractivity contribution >= 4 is 21.9 Å². The predicted octanol–water partition coefficient (Wildman–Crippen LogP) is -0.835. The number of hydrogen-bond donors (Lipinski definition) is 3. The van der Waals surface area contributed by atoms with Gasteiger partial charge in [-0.2, -0.15) is 9.98 Å². The van der Waals surface area contributed by atoms with Crippen LogP contribution in [0.25, 0.3) is 0 Å². The zero-order chi connectivity index (χ0) is 15.3. The molecular formula is C11H11N3O5S. The van der Waals surface area contributed by atoms with Crippen molar-refractivity contribution in [2.75, 3.05) is 0 Å². The largest absolute Gasteiger partial charge is 0.480 e. The molecule has 1 aromatic carbocycles. The monoisotopic (exact) mass is 297 g/mol. The highest BCUT2D eigenvalue weighted by atomic mass is 32.2. The molecule has 0 aliphatic rings. The number of carboxylic acid groups (broad SMARTS) is 1. The number of amides is 1. The Kier molecular flexibility index (Phi) is 4.79. The van der Waals surface area contributed by atoms with E-state index in [1.165, 1.54) is 18.2 Å². The molecule has 0 spiro atoms. The molecule has 0 saturated carbocycles. The summed E-state index contributed by atoms with van der Waals surface area (Å²) in [6.07, 6.45) is -0.674. The van der Waals surface area contributed by atoms with Gasteiger partial charge < -0.3 is 10.8 Å². The Balaban J connectivity index is 3.06. The molecule has 0 saturated heterocycles. The molecule has 20 heavy (non-hydrogen) atoms. The second kappa shape index (κ2) is 6.14. The molecule has 0 bridgehead atoms. The third-order valence-electron chi connectivity index (χ3n) is 2.27. The van der Waals surface area contributed by atoms with Crippen LogP contribution in [-0.2, 0) is 19.6 Å². The van der Waals surface area contributed by atoms with Crippen molar-refractivity contribution in [1.82, 2.24) is 4.72 Å². The van der Waals surface area contributed by atoms with Crippen LogP contribution < -0.4 is 10.5 Å². The van der Waals surface area contributed by atoms with Gasteiger partial charge in [0.1, 0.15) is 6.04 Å². The number of nitriles is 1. The van der Waals surface area contributed by atoms with Gasteiger partial charge in [-0.15, -0.1) is 0 Å². The molecule has 1 aromatic rings. The molecule has 0 radical (unpaired) electrons. The van der Waals surface area contributed by atoms with Gasteiger partial charge in [-0.3, -0.25) is 9.59 Å². The van der Waals surface area contributed by atoms with E-state index < -0.39 is 34.4 Å². The molecule has 1 rings (SSSR count). The highest BCUT2D eigenvalue weighted by Crippen LogP contribution is 2.12. The quantitative estimate of drug-likeness (QED) is 0.623. The minimum Gasteiger partial charge on any atom is -0.480 e. The zero-order valence-electron chi connectivity index (χ0n) is 10.1. The SMILES string of the molecule is N#Cc1cccc(S(=O)(=O)NC(CC(N)=O)C(=O)O)c1. The normalized spacial score (nSPS) is 12.3. The smallest absolute Gasteiger partial charge is 0.322 e. The van der Waals surface area contributed by atoms with Gasteiger partial charge in [-0.1, -0.05) is 6.07 Å². The number of aliphatic carboxylic acids is 1. The van der Waals surface area contributed by atoms with E-state index in [-0.39, 0.29) is 10.5 Å². The summed E-state index contributed by atoms with van der Waals surface area (Å²) in [6, 6.07) is 5.14. The number of benzene rings is 1. The molecule has 0 fully saturated rings. The Morgan fingerprint density at radius 1 is 1.45 bits per heavy atom. The maximum absolute atomic E-state index is 12.0. The molecule has 0 aliphatic carbocycles. The lowest BCUT2D eigenvalue weighted by Gasteiger charge is -2.13. The van der Waals surface area contributed by atoms with Crippen molar-refractivity contribution in [3.63, 3.8) is 0 Å². The van der Waals surface area contributed by atoms with Gasteiger partial charge in [0.25, 0.3) is 0 Å². The number of carbonyl (C=O) groups excluding carboxylic acids is 1. The van der Waals surface area contributed by atoms with Gasteiger partial charge in [-0.05, 0) is 18.2 Å². The molecule has 8 nitrogen and oxygen atoms in total. The van der Waals surface area contributed by atoms with Crippen molar-refractivity contribution < 1.29 is 23.1 Å². The van der Waals surface area contributed by atoms with Crippen LogP contribution in [0.1, 0.15) is 12.0 Å². The van der Waals surface area contributed by atoms with Crippen LogP contribution in [0.15, 0.2) is 29.2 Å². The molecule has 0 heterocycles. The second-order valence-corrected chi connectivity index (χ2v) is 5.54. The fourth-order valence-electron chi connectivity index (χ4n) is 1.37. The summed E-state index contributed by atoms with van der Waals surface area (Å²) >= 11 is 0. The summed E-state index contributed by atoms with van der Waals surface area (Å²) in [5.41, 5.74) is 4.96. The topological polar surface area (TPSA) is 150 Å². The fraction of sp³-hybridized carbons (Fsp3) is 0.182. The number of carbonyl (C=O) groups is 2. The number of hydrogen-bond acceptors (Lipinski definition) is 5. The average molecular weight is 297 g/mol. The number of nitrogens with one attached hydrogen (secondary N) is 1. The Hall–Kier alpha value is -2.44. The first-order chi connectivity index (χ1) is 9.26. The van der Waals surface area contributed by atoms with Crippen LogP contribution in [0.2, 0.25) is 0 Å². The van der Waals surface area contributed by atoms with E-state index in [2.05, 4.69) is 0 Å². The number of nitrogens with zero attached hydrogens (tertiary/aromatic N) is 1. The zero-order valence-corrected chi connectivity index (χ0v) is 10.9. The Morgan fingerprint density at radius 2 is 2.10 bits per heavy atom. The van der Waals surface area contributed by atoms with Crippen molar-refractivity contribution in [3.8, 4) is 6.07 Å². The van der Waals surface area contributed by atoms with Gasteiger partial charge in [0.15, 0.2) is 0 Å². The van der Waals surface area contributed by atoms with Crippen molar-refractivity contribution in [2.24, 2.45) is 5.73 Å². The average Bonchev–Trinajstić information content (AvgIpc) is 2.37. The van der Waals surface area contributed by atoms with Gasteiger partial charge in [0.2, 0.25) is 15.9 Å². The van der Waals surface area contributed by atoms with Crippen LogP contribution in [0.3, 0.4) is 0 Å². The van der Waals surface area contributed by atoms with Crippen molar-refractivity contribution in [2.45, 2.75) is 17.4 Å². The predicted molar refractivity (Wildman–Crippen MR) is 66.7 cm³/mol. The first-order valence-corrected chi connectivity index (χ1v) is 6.78. The molecule has 9 heteroatoms. The highest BCUT2D eigenvalue weighted by molar-refractivity contribution is 7.89. The van der Waals surface area contributed by atoms with Gasteiger partial charge in [0, 0.05) is 0 Å². The summed E-state index contributed by atoms with van der Waals surface area (Å²) in [6.45, 7) is 0. The minimum atomic E-state index is -4.17. The maximum atomic E-state index is 12.0. The van der Waals surface area contributed by atoms with E-state index in [1.807, 2.05) is 4.72 Å². The Bertz CT molecular complexity index is 678. The molecule has 4 N–H and O–H groups in total. The van der Waals surface area contributed by atoms with Gasteiger partial charge in [-0.25, -0.2) is 8.42 Å². The maximum Gasteiger partial charge on any atom is 0.322 e. The molecule has 1 atom stereocenters. The van der Waals surface area contributed by atoms with Crippen molar-refractivity contribution in [3.05, 3.63) is 29.8 Å². The molecule has 1 amide bonds. The third kappa shape index (κ3) is 4.04. The lowest BCUT2D eigenvalue weighted by atomic mass is 10.2. The van der Waals surface area contributed by atoms with Gasteiger partial charge in [0.05, 0.1) is 22.9 Å². The molecular weight excluding hydrogens is 286 g/mol. The summed E-state index contributed by atoms with van der Waals surface area (Å²) in [5, 5.41) is 17.5. The molecule has 1 unspecified atom stereocenters. The lowest BCUT2D eigenvalue weighted by Crippen LogP contribution is -2.43. The van der Waals surface area contributed by atoms with Crippen LogP contribution >= 0.6 is 0 Å². The summed E-state index contributed by atoms with van der Waals surface area (Å²) < 4.78 is 25.8. The van der Waals surface area contributed by atoms with Crippen LogP contribution in [0.4, 0.5) is 0 Å². The van der Waals surface area contributed by atoms with E-state index in [1.54, 1.807) is 6.07 Å². The van der Waals surface area contributed by atoms with Gasteiger partial charge >= 0.3 is 5.97 Å². The van der Waals surface area contributed by atoms with Crippen LogP contribution in [0, 0.1) is 11.3 Å². The van der Waals surface area contributed by atoms with E-state index in [0.29, 0.717) is 0 Å². The number of rotatable bonds is 6. The number of carboxylic acids is 1. The molecule has 0 aliphatic heterocycles. The molecule has 106 valence electrons. The number of sulfonamides is 1. The van der Waals surface area contributed by atoms with E-state index >= 15 is 0 Å².